The fourth-order valence-electron chi connectivity index (χ4n) is 4.11. The van der Waals surface area contributed by atoms with Crippen LogP contribution >= 0.6 is 0 Å². The van der Waals surface area contributed by atoms with E-state index < -0.39 is 0 Å². The van der Waals surface area contributed by atoms with Gasteiger partial charge in [-0.2, -0.15) is 0 Å². The molecular weight excluding hydrogens is 328 g/mol. The highest BCUT2D eigenvalue weighted by Crippen LogP contribution is 2.31. The second kappa shape index (κ2) is 6.83. The van der Waals surface area contributed by atoms with Crippen molar-refractivity contribution in [2.75, 3.05) is 7.11 Å². The Bertz CT molecular complexity index is 792. The molecule has 2 aromatic heterocycles. The van der Waals surface area contributed by atoms with Gasteiger partial charge in [0.2, 0.25) is 0 Å². The molecule has 2 heterocycles. The molecule has 0 radical (unpaired) electrons. The van der Waals surface area contributed by atoms with E-state index in [1.54, 1.807) is 19.6 Å². The van der Waals surface area contributed by atoms with Gasteiger partial charge >= 0.3 is 0 Å². The summed E-state index contributed by atoms with van der Waals surface area (Å²) in [5, 5.41) is 3.22. The van der Waals surface area contributed by atoms with Crippen molar-refractivity contribution in [1.29, 1.82) is 0 Å². The molecule has 0 bridgehead atoms. The third-order valence-electron chi connectivity index (χ3n) is 5.93. The second-order valence-corrected chi connectivity index (χ2v) is 7.69. The van der Waals surface area contributed by atoms with E-state index in [1.807, 2.05) is 10.8 Å². The second-order valence-electron chi connectivity index (χ2n) is 7.69. The molecule has 0 unspecified atom stereocenters. The first kappa shape index (κ1) is 17.2. The number of aromatic nitrogens is 3. The third-order valence-corrected chi connectivity index (χ3v) is 5.93. The minimum atomic E-state index is -0.0535. The molecule has 1 N–H and O–H groups in total. The molecule has 2 aliphatic carbocycles. The maximum atomic E-state index is 13.0. The zero-order valence-corrected chi connectivity index (χ0v) is 15.5. The van der Waals surface area contributed by atoms with Gasteiger partial charge in [-0.1, -0.05) is 0 Å². The molecule has 6 nitrogen and oxygen atoms in total. The number of hydrogen-bond acceptors (Lipinski definition) is 4. The molecule has 138 valence electrons. The van der Waals surface area contributed by atoms with Gasteiger partial charge in [-0.15, -0.1) is 0 Å². The number of nitrogens with one attached hydrogen (secondary N) is 1. The summed E-state index contributed by atoms with van der Waals surface area (Å²) in [6.07, 6.45) is 12.2. The summed E-state index contributed by atoms with van der Waals surface area (Å²) in [6.45, 7) is 2.15. The van der Waals surface area contributed by atoms with Crippen LogP contribution < -0.4 is 5.32 Å². The predicted octanol–water partition coefficient (Wildman–Crippen LogP) is 2.83. The molecule has 0 aromatic carbocycles. The molecule has 1 amide bonds. The van der Waals surface area contributed by atoms with Crippen LogP contribution in [0.2, 0.25) is 0 Å². The number of carbonyl (C=O) groups excluding carboxylic acids is 1. The Hall–Kier alpha value is -2.21. The van der Waals surface area contributed by atoms with Crippen molar-refractivity contribution < 1.29 is 9.53 Å². The highest BCUT2D eigenvalue weighted by Gasteiger charge is 2.32. The van der Waals surface area contributed by atoms with Gasteiger partial charge in [0.25, 0.3) is 5.91 Å². The van der Waals surface area contributed by atoms with E-state index in [0.29, 0.717) is 5.69 Å². The third kappa shape index (κ3) is 3.26. The Morgan fingerprint density at radius 1 is 1.35 bits per heavy atom. The van der Waals surface area contributed by atoms with Gasteiger partial charge in [0.1, 0.15) is 17.8 Å². The van der Waals surface area contributed by atoms with Crippen LogP contribution in [-0.2, 0) is 17.6 Å². The van der Waals surface area contributed by atoms with E-state index in [0.717, 1.165) is 56.3 Å². The van der Waals surface area contributed by atoms with Gasteiger partial charge in [0.15, 0.2) is 0 Å². The smallest absolute Gasteiger partial charge is 0.270 e. The first-order valence-corrected chi connectivity index (χ1v) is 9.45. The molecule has 0 saturated heterocycles. The van der Waals surface area contributed by atoms with E-state index in [1.165, 1.54) is 5.56 Å². The number of hydrogen-bond donors (Lipinski definition) is 1. The number of aryl methyl sites for hydroxylation is 1. The lowest BCUT2D eigenvalue weighted by Crippen LogP contribution is -2.43. The van der Waals surface area contributed by atoms with E-state index in [4.69, 9.17) is 4.74 Å². The maximum Gasteiger partial charge on any atom is 0.270 e. The first-order chi connectivity index (χ1) is 12.6. The van der Waals surface area contributed by atoms with Gasteiger partial charge in [0, 0.05) is 25.5 Å². The van der Waals surface area contributed by atoms with Crippen LogP contribution in [0.5, 0.6) is 0 Å². The van der Waals surface area contributed by atoms with Crippen LogP contribution in [-0.4, -0.2) is 39.2 Å². The Balaban J connectivity index is 1.55. The Morgan fingerprint density at radius 3 is 2.85 bits per heavy atom. The first-order valence-electron chi connectivity index (χ1n) is 9.45. The van der Waals surface area contributed by atoms with Crippen molar-refractivity contribution in [2.45, 2.75) is 63.5 Å². The lowest BCUT2D eigenvalue weighted by molar-refractivity contribution is -0.0287. The van der Waals surface area contributed by atoms with Crippen LogP contribution in [0.15, 0.2) is 24.8 Å². The fraction of sp³-hybridized carbons (Fsp3) is 0.550. The zero-order chi connectivity index (χ0) is 18.1. The Labute approximate surface area is 154 Å². The summed E-state index contributed by atoms with van der Waals surface area (Å²) in [4.78, 5) is 21.8. The lowest BCUT2D eigenvalue weighted by Gasteiger charge is -2.36. The van der Waals surface area contributed by atoms with E-state index >= 15 is 0 Å². The van der Waals surface area contributed by atoms with Gasteiger partial charge in [-0.25, -0.2) is 9.97 Å². The zero-order valence-electron chi connectivity index (χ0n) is 15.5. The molecule has 26 heavy (non-hydrogen) atoms. The number of amides is 1. The lowest BCUT2D eigenvalue weighted by atomic mass is 9.83. The number of ether oxygens (including phenoxy) is 1. The minimum absolute atomic E-state index is 0.0452. The number of carbonyl (C=O) groups is 1. The number of pyridine rings is 1. The van der Waals surface area contributed by atoms with E-state index in [2.05, 4.69) is 28.3 Å². The number of fused-ring (bicyclic) bond motifs is 1. The van der Waals surface area contributed by atoms with Crippen molar-refractivity contribution in [3.8, 4) is 5.82 Å². The van der Waals surface area contributed by atoms with Crippen molar-refractivity contribution in [3.63, 3.8) is 0 Å². The van der Waals surface area contributed by atoms with Gasteiger partial charge < -0.3 is 10.1 Å². The summed E-state index contributed by atoms with van der Waals surface area (Å²) >= 11 is 0. The average molecular weight is 354 g/mol. The maximum absolute atomic E-state index is 13.0. The summed E-state index contributed by atoms with van der Waals surface area (Å²) in [5.74, 6) is 0.722. The van der Waals surface area contributed by atoms with E-state index in [9.17, 15) is 4.79 Å². The Morgan fingerprint density at radius 2 is 2.15 bits per heavy atom. The van der Waals surface area contributed by atoms with Gasteiger partial charge in [0.05, 0.1) is 5.60 Å². The highest BCUT2D eigenvalue weighted by molar-refractivity contribution is 5.94. The average Bonchev–Trinajstić information content (AvgIpc) is 3.34. The summed E-state index contributed by atoms with van der Waals surface area (Å²) in [6, 6.07) is 2.28. The summed E-state index contributed by atoms with van der Waals surface area (Å²) in [7, 11) is 1.77. The molecule has 0 atom stereocenters. The van der Waals surface area contributed by atoms with Crippen LogP contribution in [0.1, 0.15) is 60.6 Å². The van der Waals surface area contributed by atoms with Crippen molar-refractivity contribution in [3.05, 3.63) is 41.6 Å². The molecule has 1 saturated carbocycles. The molecule has 0 aliphatic heterocycles. The molecule has 2 aliphatic rings. The summed E-state index contributed by atoms with van der Waals surface area (Å²) < 4.78 is 7.46. The fourth-order valence-corrected chi connectivity index (χ4v) is 4.11. The number of imidazole rings is 1. The quantitative estimate of drug-likeness (QED) is 0.917. The van der Waals surface area contributed by atoms with Crippen LogP contribution in [0.4, 0.5) is 0 Å². The van der Waals surface area contributed by atoms with Crippen molar-refractivity contribution in [1.82, 2.24) is 19.9 Å². The molecule has 6 heteroatoms. The normalized spacial score (nSPS) is 25.1. The van der Waals surface area contributed by atoms with Crippen molar-refractivity contribution in [2.24, 2.45) is 0 Å². The largest absolute Gasteiger partial charge is 0.379 e. The molecule has 0 spiro atoms. The van der Waals surface area contributed by atoms with Crippen LogP contribution in [0, 0.1) is 0 Å². The summed E-state index contributed by atoms with van der Waals surface area (Å²) in [5.41, 5.74) is 2.89. The SMILES string of the molecule is COC1(C)CCC(NC(=O)c2nc(-n3ccnc3)cc3c2CCC3)CC1. The molecule has 2 aromatic rings. The standard InChI is InChI=1S/C20H26N4O2/c1-20(26-2)8-6-15(7-9-20)22-19(25)18-16-5-3-4-14(16)12-17(23-18)24-11-10-21-13-24/h10-13,15H,3-9H2,1-2H3,(H,22,25). The van der Waals surface area contributed by atoms with Gasteiger partial charge in [-0.3, -0.25) is 9.36 Å². The topological polar surface area (TPSA) is 69.0 Å². The van der Waals surface area contributed by atoms with Crippen LogP contribution in [0.3, 0.4) is 0 Å². The number of rotatable bonds is 4. The minimum Gasteiger partial charge on any atom is -0.379 e. The van der Waals surface area contributed by atoms with Crippen LogP contribution in [0.25, 0.3) is 5.82 Å². The molecule has 4 rings (SSSR count). The number of nitrogens with zero attached hydrogens (tertiary/aromatic N) is 3. The van der Waals surface area contributed by atoms with E-state index in [-0.39, 0.29) is 17.6 Å². The molecule has 1 fully saturated rings. The number of methoxy groups -OCH3 is 1. The monoisotopic (exact) mass is 354 g/mol. The van der Waals surface area contributed by atoms with Crippen molar-refractivity contribution >= 4 is 5.91 Å². The van der Waals surface area contributed by atoms with Gasteiger partial charge in [-0.05, 0) is 69.1 Å². The molecular formula is C20H26N4O2. The highest BCUT2D eigenvalue weighted by atomic mass is 16.5. The predicted molar refractivity (Wildman–Crippen MR) is 98.5 cm³/mol. The Kier molecular flexibility index (Phi) is 4.53.